The zero-order valence-electron chi connectivity index (χ0n) is 5.06. The van der Waals surface area contributed by atoms with Crippen LogP contribution in [0.2, 0.25) is 0 Å². The molecule has 1 N–H and O–H groups in total. The third kappa shape index (κ3) is 1.77. The van der Waals surface area contributed by atoms with E-state index >= 15 is 0 Å². The van der Waals surface area contributed by atoms with Gasteiger partial charge in [-0.25, -0.2) is 4.98 Å². The van der Waals surface area contributed by atoms with Crippen LogP contribution >= 0.6 is 0 Å². The van der Waals surface area contributed by atoms with Crippen LogP contribution in [0.3, 0.4) is 0 Å². The van der Waals surface area contributed by atoms with Crippen LogP contribution in [-0.4, -0.2) is 26.3 Å². The highest BCUT2D eigenvalue weighted by molar-refractivity contribution is 5.68. The lowest BCUT2D eigenvalue weighted by atomic mass is 10.4. The van der Waals surface area contributed by atoms with Crippen molar-refractivity contribution in [2.75, 3.05) is 0 Å². The van der Waals surface area contributed by atoms with E-state index in [1.807, 2.05) is 0 Å². The summed E-state index contributed by atoms with van der Waals surface area (Å²) < 4.78 is 0. The third-order valence-corrected chi connectivity index (χ3v) is 0.839. The van der Waals surface area contributed by atoms with Crippen molar-refractivity contribution in [2.45, 2.75) is 6.42 Å². The van der Waals surface area contributed by atoms with Crippen molar-refractivity contribution in [3.05, 3.63) is 18.2 Å². The van der Waals surface area contributed by atoms with Crippen molar-refractivity contribution < 1.29 is 9.90 Å². The van der Waals surface area contributed by atoms with Gasteiger partial charge in [0.25, 0.3) is 0 Å². The van der Waals surface area contributed by atoms with E-state index < -0.39 is 5.97 Å². The minimum Gasteiger partial charge on any atom is -0.481 e. The van der Waals surface area contributed by atoms with Crippen LogP contribution in [0, 0.1) is 0 Å². The van der Waals surface area contributed by atoms with Crippen LogP contribution in [0.25, 0.3) is 0 Å². The molecule has 0 saturated heterocycles. The average molecular weight is 139 g/mol. The normalized spacial score (nSPS) is 9.20. The van der Waals surface area contributed by atoms with Crippen molar-refractivity contribution in [1.29, 1.82) is 0 Å². The van der Waals surface area contributed by atoms with Gasteiger partial charge in [-0.05, 0) is 0 Å². The van der Waals surface area contributed by atoms with Gasteiger partial charge >= 0.3 is 5.97 Å². The van der Waals surface area contributed by atoms with Crippen LogP contribution in [-0.2, 0) is 11.2 Å². The van der Waals surface area contributed by atoms with Crippen molar-refractivity contribution in [1.82, 2.24) is 15.2 Å². The first-order valence-corrected chi connectivity index (χ1v) is 2.63. The molecule has 0 aliphatic carbocycles. The van der Waals surface area contributed by atoms with Crippen LogP contribution in [0.5, 0.6) is 0 Å². The highest BCUT2D eigenvalue weighted by Crippen LogP contribution is 1.85. The Bertz CT molecular complexity index is 224. The predicted molar refractivity (Wildman–Crippen MR) is 31.2 cm³/mol. The SMILES string of the molecule is O=C(O)Cc1nccnn1. The molecular weight excluding hydrogens is 134 g/mol. The topological polar surface area (TPSA) is 76.0 Å². The molecule has 0 fully saturated rings. The maximum Gasteiger partial charge on any atom is 0.311 e. The van der Waals surface area contributed by atoms with E-state index in [1.165, 1.54) is 12.4 Å². The number of hydrogen-bond donors (Lipinski definition) is 1. The molecule has 1 heterocycles. The molecule has 52 valence electrons. The summed E-state index contributed by atoms with van der Waals surface area (Å²) in [5.74, 6) is -0.719. The molecule has 0 saturated carbocycles. The number of aliphatic carboxylic acids is 1. The Kier molecular flexibility index (Phi) is 1.89. The summed E-state index contributed by atoms with van der Waals surface area (Å²) in [7, 11) is 0. The van der Waals surface area contributed by atoms with Crippen molar-refractivity contribution in [2.24, 2.45) is 0 Å². The number of nitrogens with zero attached hydrogens (tertiary/aromatic N) is 3. The highest BCUT2D eigenvalue weighted by atomic mass is 16.4. The number of carboxylic acids is 1. The average Bonchev–Trinajstić information content (AvgIpc) is 1.88. The van der Waals surface area contributed by atoms with Gasteiger partial charge in [0.15, 0.2) is 5.82 Å². The van der Waals surface area contributed by atoms with Gasteiger partial charge in [-0.1, -0.05) is 0 Å². The number of rotatable bonds is 2. The van der Waals surface area contributed by atoms with Gasteiger partial charge in [-0.2, -0.15) is 5.10 Å². The first kappa shape index (κ1) is 6.60. The molecule has 0 amide bonds. The quantitative estimate of drug-likeness (QED) is 0.597. The Hall–Kier alpha value is -1.52. The molecular formula is C5H5N3O2. The summed E-state index contributed by atoms with van der Waals surface area (Å²) in [5.41, 5.74) is 0. The molecule has 0 aliphatic rings. The molecule has 0 bridgehead atoms. The minimum atomic E-state index is -0.951. The van der Waals surface area contributed by atoms with E-state index in [0.29, 0.717) is 0 Å². The molecule has 1 aromatic rings. The molecule has 0 spiro atoms. The zero-order valence-corrected chi connectivity index (χ0v) is 5.06. The number of carboxylic acid groups (broad SMARTS) is 1. The lowest BCUT2D eigenvalue weighted by molar-refractivity contribution is -0.136. The maximum absolute atomic E-state index is 10.1. The first-order valence-electron chi connectivity index (χ1n) is 2.63. The van der Waals surface area contributed by atoms with Gasteiger partial charge in [0.1, 0.15) is 6.42 Å². The third-order valence-electron chi connectivity index (χ3n) is 0.839. The van der Waals surface area contributed by atoms with Crippen LogP contribution < -0.4 is 0 Å². The number of hydrogen-bond acceptors (Lipinski definition) is 4. The summed E-state index contributed by atoms with van der Waals surface area (Å²) in [6, 6.07) is 0. The molecule has 0 radical (unpaired) electrons. The summed E-state index contributed by atoms with van der Waals surface area (Å²) >= 11 is 0. The Labute approximate surface area is 56.7 Å². The molecule has 0 aliphatic heterocycles. The number of carbonyl (C=O) groups is 1. The van der Waals surface area contributed by atoms with Gasteiger partial charge in [0, 0.05) is 6.20 Å². The van der Waals surface area contributed by atoms with Crippen LogP contribution in [0.1, 0.15) is 5.82 Å². The molecule has 0 atom stereocenters. The predicted octanol–water partition coefficient (Wildman–Crippen LogP) is -0.501. The lowest BCUT2D eigenvalue weighted by Gasteiger charge is -1.89. The summed E-state index contributed by atoms with van der Waals surface area (Å²) in [4.78, 5) is 13.7. The molecule has 5 heteroatoms. The molecule has 1 rings (SSSR count). The van der Waals surface area contributed by atoms with Gasteiger partial charge in [-0.15, -0.1) is 5.10 Å². The largest absolute Gasteiger partial charge is 0.481 e. The smallest absolute Gasteiger partial charge is 0.311 e. The lowest BCUT2D eigenvalue weighted by Crippen LogP contribution is -2.04. The molecule has 0 unspecified atom stereocenters. The van der Waals surface area contributed by atoms with E-state index in [1.54, 1.807) is 0 Å². The fourth-order valence-corrected chi connectivity index (χ4v) is 0.491. The van der Waals surface area contributed by atoms with Crippen LogP contribution in [0.15, 0.2) is 12.4 Å². The van der Waals surface area contributed by atoms with Gasteiger partial charge in [-0.3, -0.25) is 4.79 Å². The van der Waals surface area contributed by atoms with Crippen molar-refractivity contribution in [3.63, 3.8) is 0 Å². The standard InChI is InChI=1S/C5H5N3O2/c9-5(10)3-4-6-1-2-7-8-4/h1-2H,3H2,(H,9,10). The fourth-order valence-electron chi connectivity index (χ4n) is 0.491. The second kappa shape index (κ2) is 2.86. The van der Waals surface area contributed by atoms with Gasteiger partial charge in [0.2, 0.25) is 0 Å². The summed E-state index contributed by atoms with van der Waals surface area (Å²) in [6.07, 6.45) is 2.63. The minimum absolute atomic E-state index is 0.173. The Morgan fingerprint density at radius 3 is 2.90 bits per heavy atom. The second-order valence-electron chi connectivity index (χ2n) is 1.63. The Morgan fingerprint density at radius 1 is 1.60 bits per heavy atom. The zero-order chi connectivity index (χ0) is 7.40. The highest BCUT2D eigenvalue weighted by Gasteiger charge is 2.00. The second-order valence-corrected chi connectivity index (χ2v) is 1.63. The Balaban J connectivity index is 2.67. The van der Waals surface area contributed by atoms with E-state index in [9.17, 15) is 4.79 Å². The number of aromatic nitrogens is 3. The van der Waals surface area contributed by atoms with Crippen molar-refractivity contribution in [3.8, 4) is 0 Å². The van der Waals surface area contributed by atoms with Gasteiger partial charge in [0.05, 0.1) is 6.20 Å². The van der Waals surface area contributed by atoms with Crippen LogP contribution in [0.4, 0.5) is 0 Å². The van der Waals surface area contributed by atoms with Gasteiger partial charge < -0.3 is 5.11 Å². The summed E-state index contributed by atoms with van der Waals surface area (Å²) in [5, 5.41) is 15.2. The fraction of sp³-hybridized carbons (Fsp3) is 0.200. The van der Waals surface area contributed by atoms with E-state index in [-0.39, 0.29) is 12.2 Å². The molecule has 0 aromatic carbocycles. The monoisotopic (exact) mass is 139 g/mol. The molecule has 5 nitrogen and oxygen atoms in total. The molecule has 1 aromatic heterocycles. The summed E-state index contributed by atoms with van der Waals surface area (Å²) in [6.45, 7) is 0. The van der Waals surface area contributed by atoms with E-state index in [0.717, 1.165) is 0 Å². The maximum atomic E-state index is 10.1. The Morgan fingerprint density at radius 2 is 2.40 bits per heavy atom. The van der Waals surface area contributed by atoms with E-state index in [4.69, 9.17) is 5.11 Å². The molecule has 10 heavy (non-hydrogen) atoms. The van der Waals surface area contributed by atoms with E-state index in [2.05, 4.69) is 15.2 Å². The van der Waals surface area contributed by atoms with Crippen molar-refractivity contribution >= 4 is 5.97 Å². The first-order chi connectivity index (χ1) is 4.79.